The Labute approximate surface area is 139 Å². The minimum Gasteiger partial charge on any atom is -0.466 e. The first kappa shape index (κ1) is 16.6. The lowest BCUT2D eigenvalue weighted by molar-refractivity contribution is -0.150. The number of halogens is 1. The van der Waals surface area contributed by atoms with Crippen LogP contribution in [0.25, 0.3) is 11.5 Å². The molecule has 1 saturated heterocycles. The van der Waals surface area contributed by atoms with Crippen LogP contribution in [-0.2, 0) is 16.1 Å². The molecule has 0 N–H and O–H groups in total. The van der Waals surface area contributed by atoms with Crippen molar-refractivity contribution in [3.63, 3.8) is 0 Å². The van der Waals surface area contributed by atoms with Gasteiger partial charge in [-0.05, 0) is 50.6 Å². The number of likely N-dealkylation sites (tertiary alicyclic amines) is 1. The molecule has 2 aromatic rings. The van der Waals surface area contributed by atoms with E-state index in [0.29, 0.717) is 37.0 Å². The minimum atomic E-state index is -0.309. The summed E-state index contributed by atoms with van der Waals surface area (Å²) in [6.07, 6.45) is 1.78. The van der Waals surface area contributed by atoms with Gasteiger partial charge in [0.1, 0.15) is 5.82 Å². The van der Waals surface area contributed by atoms with Gasteiger partial charge in [0.05, 0.1) is 19.1 Å². The maximum atomic E-state index is 13.0. The lowest BCUT2D eigenvalue weighted by Gasteiger charge is -2.30. The monoisotopic (exact) mass is 333 g/mol. The molecule has 1 fully saturated rings. The minimum absolute atomic E-state index is 0.0989. The van der Waals surface area contributed by atoms with Crippen molar-refractivity contribution in [2.24, 2.45) is 5.92 Å². The summed E-state index contributed by atoms with van der Waals surface area (Å²) in [5, 5.41) is 8.05. The van der Waals surface area contributed by atoms with E-state index < -0.39 is 0 Å². The Morgan fingerprint density at radius 1 is 1.38 bits per heavy atom. The van der Waals surface area contributed by atoms with Gasteiger partial charge in [-0.1, -0.05) is 0 Å². The summed E-state index contributed by atoms with van der Waals surface area (Å²) in [5.41, 5.74) is 0.679. The van der Waals surface area contributed by atoms with E-state index in [1.807, 2.05) is 6.92 Å². The molecule has 7 heteroatoms. The van der Waals surface area contributed by atoms with E-state index in [0.717, 1.165) is 19.4 Å². The highest BCUT2D eigenvalue weighted by atomic mass is 19.1. The van der Waals surface area contributed by atoms with Crippen molar-refractivity contribution in [1.82, 2.24) is 15.1 Å². The second-order valence-corrected chi connectivity index (χ2v) is 5.83. The van der Waals surface area contributed by atoms with Gasteiger partial charge in [0.25, 0.3) is 0 Å². The van der Waals surface area contributed by atoms with Crippen LogP contribution in [-0.4, -0.2) is 40.8 Å². The number of nitrogens with zero attached hydrogens (tertiary/aromatic N) is 3. The molecule has 1 atom stereocenters. The van der Waals surface area contributed by atoms with Crippen LogP contribution in [0.4, 0.5) is 4.39 Å². The quantitative estimate of drug-likeness (QED) is 0.784. The fraction of sp³-hybridized carbons (Fsp3) is 0.471. The average molecular weight is 333 g/mol. The first-order valence-corrected chi connectivity index (χ1v) is 8.13. The Kier molecular flexibility index (Phi) is 5.20. The van der Waals surface area contributed by atoms with E-state index in [-0.39, 0.29) is 17.7 Å². The lowest BCUT2D eigenvalue weighted by atomic mass is 9.98. The number of carbonyl (C=O) groups excluding carboxylic acids is 1. The molecule has 0 saturated carbocycles. The van der Waals surface area contributed by atoms with Gasteiger partial charge in [0.2, 0.25) is 11.8 Å². The molecule has 3 rings (SSSR count). The zero-order valence-corrected chi connectivity index (χ0v) is 13.6. The van der Waals surface area contributed by atoms with Gasteiger partial charge in [-0.15, -0.1) is 10.2 Å². The number of esters is 1. The van der Waals surface area contributed by atoms with Gasteiger partial charge in [0.15, 0.2) is 0 Å². The highest BCUT2D eigenvalue weighted by Crippen LogP contribution is 2.22. The van der Waals surface area contributed by atoms with Crippen LogP contribution in [0.3, 0.4) is 0 Å². The van der Waals surface area contributed by atoms with Crippen molar-refractivity contribution < 1.29 is 18.3 Å². The Hall–Kier alpha value is -2.28. The second-order valence-electron chi connectivity index (χ2n) is 5.83. The third kappa shape index (κ3) is 3.97. The summed E-state index contributed by atoms with van der Waals surface area (Å²) >= 11 is 0. The Morgan fingerprint density at radius 3 is 2.92 bits per heavy atom. The summed E-state index contributed by atoms with van der Waals surface area (Å²) in [6, 6.07) is 5.91. The molecule has 0 aliphatic carbocycles. The number of benzene rings is 1. The topological polar surface area (TPSA) is 68.5 Å². The third-order valence-electron chi connectivity index (χ3n) is 4.04. The zero-order chi connectivity index (χ0) is 16.9. The van der Waals surface area contributed by atoms with Crippen LogP contribution in [0.15, 0.2) is 28.7 Å². The van der Waals surface area contributed by atoms with Crippen molar-refractivity contribution in [1.29, 1.82) is 0 Å². The Bertz CT molecular complexity index is 687. The highest BCUT2D eigenvalue weighted by Gasteiger charge is 2.27. The van der Waals surface area contributed by atoms with E-state index in [9.17, 15) is 9.18 Å². The summed E-state index contributed by atoms with van der Waals surface area (Å²) in [5.74, 6) is 0.303. The van der Waals surface area contributed by atoms with Crippen molar-refractivity contribution in [3.05, 3.63) is 36.0 Å². The van der Waals surface area contributed by atoms with E-state index >= 15 is 0 Å². The van der Waals surface area contributed by atoms with Crippen LogP contribution < -0.4 is 0 Å². The van der Waals surface area contributed by atoms with E-state index in [1.165, 1.54) is 12.1 Å². The number of carbonyl (C=O) groups is 1. The van der Waals surface area contributed by atoms with Crippen LogP contribution >= 0.6 is 0 Å². The first-order chi connectivity index (χ1) is 11.7. The second kappa shape index (κ2) is 7.53. The largest absolute Gasteiger partial charge is 0.466 e. The fourth-order valence-electron chi connectivity index (χ4n) is 2.87. The number of piperidine rings is 1. The van der Waals surface area contributed by atoms with Gasteiger partial charge in [-0.2, -0.15) is 0 Å². The zero-order valence-electron chi connectivity index (χ0n) is 13.6. The van der Waals surface area contributed by atoms with Crippen molar-refractivity contribution in [2.75, 3.05) is 19.7 Å². The molecule has 0 bridgehead atoms. The first-order valence-electron chi connectivity index (χ1n) is 8.13. The molecular formula is C17H20FN3O3. The van der Waals surface area contributed by atoms with Gasteiger partial charge >= 0.3 is 5.97 Å². The van der Waals surface area contributed by atoms with Gasteiger partial charge < -0.3 is 9.15 Å². The van der Waals surface area contributed by atoms with Crippen LogP contribution in [0.2, 0.25) is 0 Å². The summed E-state index contributed by atoms with van der Waals surface area (Å²) in [4.78, 5) is 14.0. The van der Waals surface area contributed by atoms with E-state index in [1.54, 1.807) is 12.1 Å². The molecule has 128 valence electrons. The number of hydrogen-bond donors (Lipinski definition) is 0. The molecular weight excluding hydrogens is 313 g/mol. The summed E-state index contributed by atoms with van der Waals surface area (Å²) in [7, 11) is 0. The van der Waals surface area contributed by atoms with E-state index in [4.69, 9.17) is 9.15 Å². The molecule has 2 heterocycles. The highest BCUT2D eigenvalue weighted by molar-refractivity contribution is 5.72. The van der Waals surface area contributed by atoms with Gasteiger partial charge in [-0.25, -0.2) is 4.39 Å². The predicted octanol–water partition coefficient (Wildman–Crippen LogP) is 2.65. The summed E-state index contributed by atoms with van der Waals surface area (Å²) in [6.45, 7) is 4.22. The average Bonchev–Trinajstić information content (AvgIpc) is 3.04. The third-order valence-corrected chi connectivity index (χ3v) is 4.04. The molecule has 0 spiro atoms. The maximum Gasteiger partial charge on any atom is 0.310 e. The van der Waals surface area contributed by atoms with Crippen LogP contribution in [0, 0.1) is 11.7 Å². The fourth-order valence-corrected chi connectivity index (χ4v) is 2.87. The van der Waals surface area contributed by atoms with Gasteiger partial charge in [-0.3, -0.25) is 9.69 Å². The molecule has 1 aromatic carbocycles. The van der Waals surface area contributed by atoms with Crippen molar-refractivity contribution in [3.8, 4) is 11.5 Å². The standard InChI is InChI=1S/C17H20FN3O3/c1-2-23-17(22)13-4-3-9-21(10-13)11-15-19-20-16(24-15)12-5-7-14(18)8-6-12/h5-8,13H,2-4,9-11H2,1H3. The van der Waals surface area contributed by atoms with Crippen molar-refractivity contribution in [2.45, 2.75) is 26.3 Å². The Morgan fingerprint density at radius 2 is 2.17 bits per heavy atom. The molecule has 24 heavy (non-hydrogen) atoms. The molecule has 0 amide bonds. The number of aromatic nitrogens is 2. The summed E-state index contributed by atoms with van der Waals surface area (Å²) < 4.78 is 23.7. The van der Waals surface area contributed by atoms with Crippen LogP contribution in [0.5, 0.6) is 0 Å². The molecule has 0 radical (unpaired) electrons. The predicted molar refractivity (Wildman–Crippen MR) is 84.3 cm³/mol. The number of rotatable bonds is 5. The number of ether oxygens (including phenoxy) is 1. The molecule has 1 aliphatic rings. The smallest absolute Gasteiger partial charge is 0.310 e. The van der Waals surface area contributed by atoms with Crippen molar-refractivity contribution >= 4 is 5.97 Å². The Balaban J connectivity index is 1.62. The van der Waals surface area contributed by atoms with E-state index in [2.05, 4.69) is 15.1 Å². The lowest BCUT2D eigenvalue weighted by Crippen LogP contribution is -2.39. The maximum absolute atomic E-state index is 13.0. The van der Waals surface area contributed by atoms with Gasteiger partial charge in [0, 0.05) is 12.1 Å². The van der Waals surface area contributed by atoms with Crippen LogP contribution in [0.1, 0.15) is 25.7 Å². The molecule has 1 aromatic heterocycles. The number of hydrogen-bond acceptors (Lipinski definition) is 6. The normalized spacial score (nSPS) is 18.5. The SMILES string of the molecule is CCOC(=O)C1CCCN(Cc2nnc(-c3ccc(F)cc3)o2)C1. The molecule has 6 nitrogen and oxygen atoms in total. The molecule has 1 unspecified atom stereocenters. The molecule has 1 aliphatic heterocycles.